The number of hydrogen-bond donors (Lipinski definition) is 1. The lowest BCUT2D eigenvalue weighted by Gasteiger charge is -2.31. The molecule has 1 aliphatic rings. The highest BCUT2D eigenvalue weighted by atomic mass is 32.2. The van der Waals surface area contributed by atoms with Gasteiger partial charge in [-0.05, 0) is 52.7 Å². The van der Waals surface area contributed by atoms with Crippen LogP contribution in [0.3, 0.4) is 0 Å². The van der Waals surface area contributed by atoms with Gasteiger partial charge < -0.3 is 14.6 Å². The standard InChI is InChI=1S/C24H31N3O6S/c1-6-33-24(30)21-15(2)26(5)16(3)22(21)34(31,32)27-12-8-10-19(14-27)23(29)25-20-11-7-9-18(13-20)17(4)28/h7,9,11,13,19H,6,8,10,12,14H2,1-5H3,(H,25,29)/t19-/m1/s1. The van der Waals surface area contributed by atoms with Gasteiger partial charge in [-0.25, -0.2) is 13.2 Å². The summed E-state index contributed by atoms with van der Waals surface area (Å²) in [5.41, 5.74) is 1.94. The monoisotopic (exact) mass is 489 g/mol. The van der Waals surface area contributed by atoms with Crippen molar-refractivity contribution in [3.63, 3.8) is 0 Å². The van der Waals surface area contributed by atoms with Gasteiger partial charge in [0.2, 0.25) is 15.9 Å². The second-order valence-corrected chi connectivity index (χ2v) is 10.4. The van der Waals surface area contributed by atoms with E-state index >= 15 is 0 Å². The molecular weight excluding hydrogens is 458 g/mol. The summed E-state index contributed by atoms with van der Waals surface area (Å²) in [6.45, 7) is 6.82. The van der Waals surface area contributed by atoms with Crippen molar-refractivity contribution in [3.05, 3.63) is 46.8 Å². The first kappa shape index (κ1) is 25.6. The van der Waals surface area contributed by atoms with E-state index in [4.69, 9.17) is 4.74 Å². The molecule has 0 unspecified atom stereocenters. The fourth-order valence-corrected chi connectivity index (χ4v) is 6.24. The second kappa shape index (κ2) is 10.1. The third kappa shape index (κ3) is 4.92. The number of aromatic nitrogens is 1. The Morgan fingerprint density at radius 2 is 1.88 bits per heavy atom. The molecule has 0 bridgehead atoms. The third-order valence-electron chi connectivity index (χ3n) is 6.29. The fourth-order valence-electron chi connectivity index (χ4n) is 4.24. The number of carbonyl (C=O) groups is 3. The Kier molecular flexibility index (Phi) is 7.62. The number of nitrogens with zero attached hydrogens (tertiary/aromatic N) is 2. The van der Waals surface area contributed by atoms with Crippen molar-refractivity contribution >= 4 is 33.4 Å². The van der Waals surface area contributed by atoms with Gasteiger partial charge in [-0.3, -0.25) is 9.59 Å². The summed E-state index contributed by atoms with van der Waals surface area (Å²) in [4.78, 5) is 37.1. The molecule has 0 aliphatic carbocycles. The summed E-state index contributed by atoms with van der Waals surface area (Å²) < 4.78 is 35.4. The van der Waals surface area contributed by atoms with Gasteiger partial charge in [0.05, 0.1) is 12.5 Å². The van der Waals surface area contributed by atoms with Gasteiger partial charge in [0.1, 0.15) is 10.5 Å². The topological polar surface area (TPSA) is 115 Å². The van der Waals surface area contributed by atoms with E-state index in [2.05, 4.69) is 5.32 Å². The molecule has 1 saturated heterocycles. The Bertz CT molecular complexity index is 1230. The molecule has 2 aromatic rings. The Morgan fingerprint density at radius 3 is 2.53 bits per heavy atom. The van der Waals surface area contributed by atoms with Crippen molar-refractivity contribution in [3.8, 4) is 0 Å². The highest BCUT2D eigenvalue weighted by Gasteiger charge is 2.39. The maximum absolute atomic E-state index is 13.7. The first-order chi connectivity index (χ1) is 16.0. The number of carbonyl (C=O) groups excluding carboxylic acids is 3. The lowest BCUT2D eigenvalue weighted by atomic mass is 9.98. The highest BCUT2D eigenvalue weighted by Crippen LogP contribution is 2.32. The SMILES string of the molecule is CCOC(=O)c1c(S(=O)(=O)N2CCC[C@@H](C(=O)Nc3cccc(C(C)=O)c3)C2)c(C)n(C)c1C. The molecule has 1 N–H and O–H groups in total. The number of rotatable bonds is 7. The molecule has 3 rings (SSSR count). The van der Waals surface area contributed by atoms with Crippen LogP contribution in [-0.2, 0) is 26.6 Å². The van der Waals surface area contributed by atoms with Crippen LogP contribution in [0.25, 0.3) is 0 Å². The summed E-state index contributed by atoms with van der Waals surface area (Å²) in [7, 11) is -2.36. The van der Waals surface area contributed by atoms with Crippen LogP contribution in [0.5, 0.6) is 0 Å². The second-order valence-electron chi connectivity index (χ2n) is 8.48. The number of Topliss-reactive ketones (excluding diaryl/α,β-unsaturated/α-hetero) is 1. The van der Waals surface area contributed by atoms with Crippen LogP contribution in [0.2, 0.25) is 0 Å². The summed E-state index contributed by atoms with van der Waals surface area (Å²) in [6, 6.07) is 6.63. The molecule has 0 radical (unpaired) electrons. The van der Waals surface area contributed by atoms with Crippen LogP contribution >= 0.6 is 0 Å². The highest BCUT2D eigenvalue weighted by molar-refractivity contribution is 7.89. The summed E-state index contributed by atoms with van der Waals surface area (Å²) in [5.74, 6) is -1.68. The fraction of sp³-hybridized carbons (Fsp3) is 0.458. The minimum Gasteiger partial charge on any atom is -0.462 e. The Morgan fingerprint density at radius 1 is 1.18 bits per heavy atom. The number of piperidine rings is 1. The van der Waals surface area contributed by atoms with Gasteiger partial charge in [-0.2, -0.15) is 4.31 Å². The van der Waals surface area contributed by atoms with Crippen LogP contribution in [0, 0.1) is 19.8 Å². The molecule has 1 fully saturated rings. The largest absolute Gasteiger partial charge is 0.462 e. The number of sulfonamides is 1. The zero-order valence-electron chi connectivity index (χ0n) is 20.2. The van der Waals surface area contributed by atoms with Crippen LogP contribution in [0.15, 0.2) is 29.2 Å². The van der Waals surface area contributed by atoms with Crippen molar-refractivity contribution in [1.82, 2.24) is 8.87 Å². The minimum absolute atomic E-state index is 0.00376. The van der Waals surface area contributed by atoms with Crippen LogP contribution in [-0.4, -0.2) is 54.6 Å². The van der Waals surface area contributed by atoms with Crippen LogP contribution < -0.4 is 5.32 Å². The van der Waals surface area contributed by atoms with Crippen molar-refractivity contribution < 1.29 is 27.5 Å². The smallest absolute Gasteiger partial charge is 0.341 e. The molecule has 1 aromatic heterocycles. The summed E-state index contributed by atoms with van der Waals surface area (Å²) >= 11 is 0. The molecule has 9 nitrogen and oxygen atoms in total. The van der Waals surface area contributed by atoms with Gasteiger partial charge in [0.25, 0.3) is 0 Å². The Hall–Kier alpha value is -2.98. The molecular formula is C24H31N3O6S. The number of amides is 1. The molecule has 1 aliphatic heterocycles. The molecule has 1 amide bonds. The first-order valence-electron chi connectivity index (χ1n) is 11.2. The lowest BCUT2D eigenvalue weighted by molar-refractivity contribution is -0.120. The minimum atomic E-state index is -4.06. The predicted octanol–water partition coefficient (Wildman–Crippen LogP) is 3.06. The molecule has 1 atom stereocenters. The van der Waals surface area contributed by atoms with Gasteiger partial charge in [-0.1, -0.05) is 12.1 Å². The molecule has 2 heterocycles. The van der Waals surface area contributed by atoms with Crippen LogP contribution in [0.4, 0.5) is 5.69 Å². The van der Waals surface area contributed by atoms with Crippen LogP contribution in [0.1, 0.15) is 58.8 Å². The maximum atomic E-state index is 13.7. The number of nitrogens with one attached hydrogen (secondary N) is 1. The average molecular weight is 490 g/mol. The van der Waals surface area contributed by atoms with E-state index in [1.54, 1.807) is 56.7 Å². The quantitative estimate of drug-likeness (QED) is 0.472. The number of benzene rings is 1. The number of ether oxygens (including phenoxy) is 1. The van der Waals surface area contributed by atoms with E-state index in [9.17, 15) is 22.8 Å². The number of esters is 1. The Balaban J connectivity index is 1.87. The van der Waals surface area contributed by atoms with Gasteiger partial charge in [0.15, 0.2) is 5.78 Å². The van der Waals surface area contributed by atoms with E-state index in [1.165, 1.54) is 11.2 Å². The molecule has 34 heavy (non-hydrogen) atoms. The van der Waals surface area contributed by atoms with E-state index in [0.29, 0.717) is 35.5 Å². The number of hydrogen-bond acceptors (Lipinski definition) is 6. The molecule has 184 valence electrons. The van der Waals surface area contributed by atoms with Crippen molar-refractivity contribution in [2.75, 3.05) is 25.0 Å². The van der Waals surface area contributed by atoms with E-state index in [1.807, 2.05) is 0 Å². The van der Waals surface area contributed by atoms with Gasteiger partial charge >= 0.3 is 5.97 Å². The predicted molar refractivity (Wildman–Crippen MR) is 127 cm³/mol. The molecule has 1 aromatic carbocycles. The maximum Gasteiger partial charge on any atom is 0.341 e. The van der Waals surface area contributed by atoms with E-state index in [0.717, 1.165) is 0 Å². The van der Waals surface area contributed by atoms with Gasteiger partial charge in [-0.15, -0.1) is 0 Å². The van der Waals surface area contributed by atoms with E-state index < -0.39 is 21.9 Å². The zero-order valence-corrected chi connectivity index (χ0v) is 21.0. The molecule has 0 spiro atoms. The van der Waals surface area contributed by atoms with Crippen molar-refractivity contribution in [1.29, 1.82) is 0 Å². The normalized spacial score (nSPS) is 16.8. The van der Waals surface area contributed by atoms with Crippen molar-refractivity contribution in [2.24, 2.45) is 13.0 Å². The number of ketones is 1. The summed E-state index contributed by atoms with van der Waals surface area (Å²) in [5, 5.41) is 2.80. The summed E-state index contributed by atoms with van der Waals surface area (Å²) in [6.07, 6.45) is 1.03. The molecule has 10 heteroatoms. The zero-order chi connectivity index (χ0) is 25.2. The number of anilines is 1. The first-order valence-corrected chi connectivity index (χ1v) is 12.7. The lowest BCUT2D eigenvalue weighted by Crippen LogP contribution is -2.44. The average Bonchev–Trinajstić information content (AvgIpc) is 3.04. The Labute approximate surface area is 200 Å². The third-order valence-corrected chi connectivity index (χ3v) is 8.32. The van der Waals surface area contributed by atoms with Gasteiger partial charge in [0, 0.05) is 42.8 Å². The molecule has 0 saturated carbocycles. The van der Waals surface area contributed by atoms with Crippen molar-refractivity contribution in [2.45, 2.75) is 45.4 Å². The van der Waals surface area contributed by atoms with E-state index in [-0.39, 0.29) is 41.8 Å².